The Balaban J connectivity index is 1.91. The predicted octanol–water partition coefficient (Wildman–Crippen LogP) is 4.88. The highest BCUT2D eigenvalue weighted by molar-refractivity contribution is 6.66. The van der Waals surface area contributed by atoms with E-state index in [4.69, 9.17) is 8.85 Å². The van der Waals surface area contributed by atoms with Gasteiger partial charge in [-0.15, -0.1) is 0 Å². The van der Waals surface area contributed by atoms with E-state index in [2.05, 4.69) is 22.5 Å². The van der Waals surface area contributed by atoms with Crippen LogP contribution in [-0.4, -0.2) is 58.4 Å². The lowest BCUT2D eigenvalue weighted by Gasteiger charge is -2.28. The lowest BCUT2D eigenvalue weighted by molar-refractivity contribution is 0.184. The molecule has 0 heterocycles. The van der Waals surface area contributed by atoms with Crippen LogP contribution in [-0.2, 0) is 8.85 Å². The van der Waals surface area contributed by atoms with Crippen molar-refractivity contribution in [3.63, 3.8) is 0 Å². The molecule has 0 saturated carbocycles. The summed E-state index contributed by atoms with van der Waals surface area (Å²) in [7, 11) is -2.26. The molecular weight excluding hydrogens is 436 g/mol. The fourth-order valence-corrected chi connectivity index (χ4v) is 5.82. The summed E-state index contributed by atoms with van der Waals surface area (Å²) in [6, 6.07) is 18.8. The molecule has 0 unspecified atom stereocenters. The molecule has 0 bridgehead atoms. The second kappa shape index (κ2) is 14.3. The molecule has 0 spiro atoms. The number of nitrogens with zero attached hydrogens (tertiary/aromatic N) is 1. The number of hydrogen-bond donors (Lipinski definition) is 3. The van der Waals surface area contributed by atoms with Crippen LogP contribution in [0.5, 0.6) is 0 Å². The van der Waals surface area contributed by atoms with Crippen molar-refractivity contribution in [1.82, 2.24) is 10.2 Å². The van der Waals surface area contributed by atoms with Gasteiger partial charge < -0.3 is 29.7 Å². The summed E-state index contributed by atoms with van der Waals surface area (Å²) in [5, 5.41) is 8.52. The smallest absolute Gasteiger partial charge is 0.334 e. The third kappa shape index (κ3) is 10.1. The van der Waals surface area contributed by atoms with Gasteiger partial charge in [0, 0.05) is 44.2 Å². The third-order valence-electron chi connectivity index (χ3n) is 4.97. The summed E-state index contributed by atoms with van der Waals surface area (Å²) in [5.41, 5.74) is 1.44. The van der Waals surface area contributed by atoms with Gasteiger partial charge in [0.15, 0.2) is 0 Å². The molecule has 0 atom stereocenters. The Morgan fingerprint density at radius 2 is 1.39 bits per heavy atom. The highest BCUT2D eigenvalue weighted by Gasteiger charge is 2.30. The molecule has 0 aliphatic rings. The molecule has 2 rings (SSSR count). The number of carbonyl (C=O) groups excluding carboxylic acids is 2. The fourth-order valence-electron chi connectivity index (χ4n) is 3.43. The molecule has 3 N–H and O–H groups in total. The Hall–Kier alpha value is -2.88. The molecule has 8 nitrogen and oxygen atoms in total. The highest BCUT2D eigenvalue weighted by Crippen LogP contribution is 2.17. The molecule has 180 valence electrons. The Morgan fingerprint density at radius 1 is 0.848 bits per heavy atom. The second-order valence-corrected chi connectivity index (χ2v) is 11.0. The zero-order valence-electron chi connectivity index (χ0n) is 19.8. The first kappa shape index (κ1) is 26.4. The van der Waals surface area contributed by atoms with E-state index < -0.39 is 8.56 Å². The summed E-state index contributed by atoms with van der Waals surface area (Å²) < 4.78 is 11.8. The van der Waals surface area contributed by atoms with Crippen LogP contribution in [0.15, 0.2) is 60.7 Å². The van der Waals surface area contributed by atoms with E-state index >= 15 is 0 Å². The van der Waals surface area contributed by atoms with Crippen LogP contribution in [0.3, 0.4) is 0 Å². The van der Waals surface area contributed by atoms with E-state index in [9.17, 15) is 9.59 Å². The van der Waals surface area contributed by atoms with E-state index in [-0.39, 0.29) is 12.1 Å². The summed E-state index contributed by atoms with van der Waals surface area (Å²) in [6.07, 6.45) is 0.751. The fraction of sp³-hybridized carbons (Fsp3) is 0.417. The highest BCUT2D eigenvalue weighted by atomic mass is 28.4. The van der Waals surface area contributed by atoms with E-state index in [0.29, 0.717) is 38.5 Å². The van der Waals surface area contributed by atoms with E-state index in [1.165, 1.54) is 0 Å². The summed E-state index contributed by atoms with van der Waals surface area (Å²) in [5.74, 6) is 0. The lowest BCUT2D eigenvalue weighted by atomic mass is 10.3. The van der Waals surface area contributed by atoms with Gasteiger partial charge in [-0.1, -0.05) is 36.4 Å². The monoisotopic (exact) mass is 472 g/mol. The van der Waals surface area contributed by atoms with Gasteiger partial charge in [0.1, 0.15) is 0 Å². The largest absolute Gasteiger partial charge is 0.395 e. The standard InChI is InChI=1S/C24H36N4O4Si/c1-4-31-33(3,32-5-2)20-12-18-28(24(30)27-22-15-10-7-11-16-22)19-17-25-23(29)26-21-13-8-6-9-14-21/h6-11,13-16H,4-5,12,17-20H2,1-3H3,(H,27,30)(H2,25,26,29). The van der Waals surface area contributed by atoms with Gasteiger partial charge in [0.2, 0.25) is 0 Å². The molecule has 0 aliphatic heterocycles. The molecular formula is C24H36N4O4Si. The van der Waals surface area contributed by atoms with Crippen molar-refractivity contribution in [3.8, 4) is 0 Å². The van der Waals surface area contributed by atoms with Crippen LogP contribution in [0.2, 0.25) is 12.6 Å². The van der Waals surface area contributed by atoms with Crippen LogP contribution >= 0.6 is 0 Å². The lowest BCUT2D eigenvalue weighted by Crippen LogP contribution is -2.43. The molecule has 0 aliphatic carbocycles. The molecule has 0 fully saturated rings. The maximum Gasteiger partial charge on any atom is 0.334 e. The number of benzene rings is 2. The van der Waals surface area contributed by atoms with Crippen molar-refractivity contribution in [2.24, 2.45) is 0 Å². The molecule has 0 radical (unpaired) electrons. The first-order valence-electron chi connectivity index (χ1n) is 11.4. The average Bonchev–Trinajstić information content (AvgIpc) is 2.79. The van der Waals surface area contributed by atoms with E-state index in [1.807, 2.05) is 74.5 Å². The number of nitrogens with one attached hydrogen (secondary N) is 3. The van der Waals surface area contributed by atoms with Gasteiger partial charge >= 0.3 is 20.6 Å². The van der Waals surface area contributed by atoms with Gasteiger partial charge in [0.05, 0.1) is 0 Å². The SMILES string of the molecule is CCO[Si](C)(CCCN(CCNC(=O)Nc1ccccc1)C(=O)Nc1ccccc1)OCC. The number of urea groups is 2. The minimum Gasteiger partial charge on any atom is -0.395 e. The number of anilines is 2. The van der Waals surface area contributed by atoms with Gasteiger partial charge in [-0.3, -0.25) is 0 Å². The zero-order chi connectivity index (χ0) is 23.9. The number of amides is 4. The number of hydrogen-bond acceptors (Lipinski definition) is 4. The van der Waals surface area contributed by atoms with E-state index in [1.54, 1.807) is 4.90 Å². The van der Waals surface area contributed by atoms with Crippen molar-refractivity contribution in [2.45, 2.75) is 32.9 Å². The van der Waals surface area contributed by atoms with Gasteiger partial charge in [0.25, 0.3) is 0 Å². The maximum atomic E-state index is 12.9. The quantitative estimate of drug-likeness (QED) is 0.362. The van der Waals surface area contributed by atoms with Crippen LogP contribution in [0.25, 0.3) is 0 Å². The van der Waals surface area contributed by atoms with Gasteiger partial charge in [-0.25, -0.2) is 9.59 Å². The van der Waals surface area contributed by atoms with E-state index in [0.717, 1.165) is 18.2 Å². The minimum atomic E-state index is -2.26. The molecule has 33 heavy (non-hydrogen) atoms. The number of carbonyl (C=O) groups is 2. The number of rotatable bonds is 13. The Labute approximate surface area is 197 Å². The molecule has 9 heteroatoms. The number of para-hydroxylation sites is 2. The average molecular weight is 473 g/mol. The van der Waals surface area contributed by atoms with Crippen LogP contribution < -0.4 is 16.0 Å². The van der Waals surface area contributed by atoms with Crippen LogP contribution in [0, 0.1) is 0 Å². The van der Waals surface area contributed by atoms with Crippen molar-refractivity contribution >= 4 is 32.0 Å². The van der Waals surface area contributed by atoms with Crippen LogP contribution in [0.1, 0.15) is 20.3 Å². The molecule has 2 aromatic carbocycles. The first-order valence-corrected chi connectivity index (χ1v) is 14.0. The molecule has 0 aromatic heterocycles. The molecule has 2 aromatic rings. The predicted molar refractivity (Wildman–Crippen MR) is 135 cm³/mol. The second-order valence-electron chi connectivity index (χ2n) is 7.63. The van der Waals surface area contributed by atoms with Crippen molar-refractivity contribution in [2.75, 3.05) is 43.5 Å². The topological polar surface area (TPSA) is 91.9 Å². The molecule has 0 saturated heterocycles. The Morgan fingerprint density at radius 3 is 1.94 bits per heavy atom. The van der Waals surface area contributed by atoms with Crippen molar-refractivity contribution in [3.05, 3.63) is 60.7 Å². The van der Waals surface area contributed by atoms with Gasteiger partial charge in [-0.05, 0) is 57.1 Å². The normalized spacial score (nSPS) is 11.0. The summed E-state index contributed by atoms with van der Waals surface area (Å²) >= 11 is 0. The third-order valence-corrected chi connectivity index (χ3v) is 8.03. The summed E-state index contributed by atoms with van der Waals surface area (Å²) in [4.78, 5) is 26.8. The van der Waals surface area contributed by atoms with Crippen molar-refractivity contribution < 1.29 is 18.4 Å². The Bertz CT molecular complexity index is 833. The van der Waals surface area contributed by atoms with Crippen LogP contribution in [0.4, 0.5) is 21.0 Å². The van der Waals surface area contributed by atoms with Gasteiger partial charge in [-0.2, -0.15) is 0 Å². The maximum absolute atomic E-state index is 12.9. The first-order chi connectivity index (χ1) is 16.0. The minimum absolute atomic E-state index is 0.206. The summed E-state index contributed by atoms with van der Waals surface area (Å²) in [6.45, 7) is 8.46. The molecule has 4 amide bonds. The van der Waals surface area contributed by atoms with Crippen molar-refractivity contribution in [1.29, 1.82) is 0 Å². The zero-order valence-corrected chi connectivity index (χ0v) is 20.8. The Kier molecular flexibility index (Phi) is 11.4.